The second-order valence-corrected chi connectivity index (χ2v) is 9.01. The molecule has 0 spiro atoms. The molecule has 0 aliphatic heterocycles. The predicted octanol–water partition coefficient (Wildman–Crippen LogP) is 3.87. The first kappa shape index (κ1) is 22.5. The van der Waals surface area contributed by atoms with Crippen molar-refractivity contribution in [2.24, 2.45) is 0 Å². The highest BCUT2D eigenvalue weighted by molar-refractivity contribution is 9.10. The topological polar surface area (TPSA) is 120 Å². The minimum absolute atomic E-state index is 0.196. The van der Waals surface area contributed by atoms with E-state index in [0.29, 0.717) is 64.9 Å². The van der Waals surface area contributed by atoms with E-state index in [2.05, 4.69) is 53.2 Å². The summed E-state index contributed by atoms with van der Waals surface area (Å²) in [7, 11) is 0. The molecule has 0 amide bonds. The molecule has 0 aliphatic rings. The maximum Gasteiger partial charge on any atom is 0.286 e. The summed E-state index contributed by atoms with van der Waals surface area (Å²) < 4.78 is 9.50. The maximum absolute atomic E-state index is 13.2. The number of H-pyrrole nitrogens is 1. The Morgan fingerprint density at radius 2 is 1.91 bits per heavy atom. The van der Waals surface area contributed by atoms with Crippen molar-refractivity contribution in [2.45, 2.75) is 58.4 Å². The van der Waals surface area contributed by atoms with Gasteiger partial charge in [-0.3, -0.25) is 9.36 Å². The number of halogens is 1. The molecule has 0 fully saturated rings. The Balaban J connectivity index is 1.34. The van der Waals surface area contributed by atoms with Crippen LogP contribution in [0.4, 0.5) is 0 Å². The van der Waals surface area contributed by atoms with E-state index in [0.717, 1.165) is 31.4 Å². The van der Waals surface area contributed by atoms with Crippen LogP contribution in [0.3, 0.4) is 0 Å². The van der Waals surface area contributed by atoms with Crippen LogP contribution in [-0.4, -0.2) is 39.3 Å². The minimum atomic E-state index is -0.196. The van der Waals surface area contributed by atoms with Crippen LogP contribution in [-0.2, 0) is 25.8 Å². The summed E-state index contributed by atoms with van der Waals surface area (Å²) in [6, 6.07) is 10.0. The summed E-state index contributed by atoms with van der Waals surface area (Å²) in [5, 5.41) is 12.8. The molecule has 4 aromatic heterocycles. The maximum atomic E-state index is 13.2. The van der Waals surface area contributed by atoms with E-state index in [4.69, 9.17) is 4.52 Å². The first-order valence-electron chi connectivity index (χ1n) is 11.5. The summed E-state index contributed by atoms with van der Waals surface area (Å²) in [4.78, 5) is 25.2. The van der Waals surface area contributed by atoms with Gasteiger partial charge in [0.1, 0.15) is 5.82 Å². The van der Waals surface area contributed by atoms with Gasteiger partial charge in [0.05, 0.1) is 0 Å². The van der Waals surface area contributed by atoms with E-state index in [-0.39, 0.29) is 5.56 Å². The molecule has 0 saturated carbocycles. The molecule has 0 unspecified atom stereocenters. The van der Waals surface area contributed by atoms with Gasteiger partial charge < -0.3 is 9.51 Å². The molecule has 11 heteroatoms. The number of hydrogen-bond acceptors (Lipinski definition) is 7. The third kappa shape index (κ3) is 4.52. The molecular weight excluding hydrogens is 500 g/mol. The van der Waals surface area contributed by atoms with Gasteiger partial charge in [0, 0.05) is 25.8 Å². The van der Waals surface area contributed by atoms with Gasteiger partial charge in [-0.15, -0.1) is 10.2 Å². The Hall–Kier alpha value is -3.34. The average Bonchev–Trinajstić information content (AvgIpc) is 3.56. The van der Waals surface area contributed by atoms with Crippen LogP contribution in [0.2, 0.25) is 0 Å². The molecule has 4 heterocycles. The summed E-state index contributed by atoms with van der Waals surface area (Å²) in [5.41, 5.74) is 1.98. The molecule has 5 rings (SSSR count). The Kier molecular flexibility index (Phi) is 6.52. The van der Waals surface area contributed by atoms with Crippen molar-refractivity contribution >= 4 is 32.9 Å². The highest BCUT2D eigenvalue weighted by Gasteiger charge is 2.19. The summed E-state index contributed by atoms with van der Waals surface area (Å²) in [6.07, 6.45) is 5.65. The number of aryl methyl sites for hydroxylation is 3. The number of aromatic amines is 1. The molecular formula is C23H25BrN8O2. The molecule has 0 atom stereocenters. The van der Waals surface area contributed by atoms with Crippen molar-refractivity contribution < 1.29 is 4.52 Å². The average molecular weight is 525 g/mol. The van der Waals surface area contributed by atoms with Gasteiger partial charge in [0.15, 0.2) is 21.7 Å². The van der Waals surface area contributed by atoms with E-state index < -0.39 is 0 Å². The van der Waals surface area contributed by atoms with Gasteiger partial charge in [-0.1, -0.05) is 55.3 Å². The van der Waals surface area contributed by atoms with Crippen LogP contribution in [0, 0.1) is 0 Å². The lowest BCUT2D eigenvalue weighted by Gasteiger charge is -2.09. The van der Waals surface area contributed by atoms with Crippen molar-refractivity contribution in [2.75, 3.05) is 0 Å². The Bertz CT molecular complexity index is 1470. The highest BCUT2D eigenvalue weighted by Crippen LogP contribution is 2.17. The largest absolute Gasteiger partial charge is 0.339 e. The fourth-order valence-corrected chi connectivity index (χ4v) is 4.47. The van der Waals surface area contributed by atoms with Crippen LogP contribution < -0.4 is 5.56 Å². The van der Waals surface area contributed by atoms with Crippen LogP contribution in [0.15, 0.2) is 44.4 Å². The SMILES string of the molecule is CCCCCn1c2nc(Br)[nH]c2c(=O)n2c(CCCc3nc(Cc4ccccc4)no3)nnc12. The number of aromatic nitrogens is 8. The van der Waals surface area contributed by atoms with E-state index in [1.165, 1.54) is 0 Å². The number of benzene rings is 1. The van der Waals surface area contributed by atoms with Crippen LogP contribution >= 0.6 is 15.9 Å². The zero-order valence-corrected chi connectivity index (χ0v) is 20.5. The molecule has 176 valence electrons. The van der Waals surface area contributed by atoms with E-state index >= 15 is 0 Å². The lowest BCUT2D eigenvalue weighted by atomic mass is 10.1. The number of nitrogens with one attached hydrogen (secondary N) is 1. The summed E-state index contributed by atoms with van der Waals surface area (Å²) in [5.74, 6) is 2.37. The van der Waals surface area contributed by atoms with E-state index in [9.17, 15) is 4.79 Å². The molecule has 10 nitrogen and oxygen atoms in total. The Labute approximate surface area is 203 Å². The van der Waals surface area contributed by atoms with Gasteiger partial charge in [0.25, 0.3) is 5.56 Å². The molecule has 0 radical (unpaired) electrons. The molecule has 1 N–H and O–H groups in total. The van der Waals surface area contributed by atoms with Gasteiger partial charge in [-0.2, -0.15) is 4.98 Å². The molecule has 0 bridgehead atoms. The van der Waals surface area contributed by atoms with Crippen molar-refractivity contribution in [3.8, 4) is 0 Å². The first-order chi connectivity index (χ1) is 16.6. The number of hydrogen-bond donors (Lipinski definition) is 1. The van der Waals surface area contributed by atoms with E-state index in [1.807, 2.05) is 34.9 Å². The standard InChI is InChI=1S/C23H25BrN8O2/c1-2-3-7-13-31-20-19(26-22(24)27-20)21(33)32-17(28-29-23(31)32)11-8-12-18-25-16(30-34-18)14-15-9-5-4-6-10-15/h4-6,9-10H,2-3,7-8,11-14H2,1H3,(H,26,27). The normalized spacial score (nSPS) is 11.7. The lowest BCUT2D eigenvalue weighted by molar-refractivity contribution is 0.371. The van der Waals surface area contributed by atoms with Gasteiger partial charge in [0.2, 0.25) is 11.7 Å². The quantitative estimate of drug-likeness (QED) is 0.217. The highest BCUT2D eigenvalue weighted by atomic mass is 79.9. The van der Waals surface area contributed by atoms with Crippen LogP contribution in [0.5, 0.6) is 0 Å². The van der Waals surface area contributed by atoms with E-state index in [1.54, 1.807) is 4.40 Å². The summed E-state index contributed by atoms with van der Waals surface area (Å²) >= 11 is 3.36. The van der Waals surface area contributed by atoms with Crippen LogP contribution in [0.1, 0.15) is 55.7 Å². The van der Waals surface area contributed by atoms with Gasteiger partial charge in [-0.05, 0) is 34.3 Å². The fourth-order valence-electron chi connectivity index (χ4n) is 4.10. The third-order valence-electron chi connectivity index (χ3n) is 5.77. The second-order valence-electron chi connectivity index (χ2n) is 8.26. The minimum Gasteiger partial charge on any atom is -0.339 e. The monoisotopic (exact) mass is 524 g/mol. The molecule has 0 saturated heterocycles. The van der Waals surface area contributed by atoms with Crippen molar-refractivity contribution in [3.05, 3.63) is 68.5 Å². The second kappa shape index (κ2) is 9.88. The Morgan fingerprint density at radius 1 is 1.06 bits per heavy atom. The van der Waals surface area contributed by atoms with Crippen molar-refractivity contribution in [1.82, 2.24) is 39.3 Å². The number of unbranched alkanes of at least 4 members (excludes halogenated alkanes) is 2. The molecule has 1 aromatic carbocycles. The number of nitrogens with zero attached hydrogens (tertiary/aromatic N) is 7. The van der Waals surface area contributed by atoms with Gasteiger partial charge >= 0.3 is 0 Å². The zero-order chi connectivity index (χ0) is 23.5. The molecule has 34 heavy (non-hydrogen) atoms. The first-order valence-corrected chi connectivity index (χ1v) is 12.3. The number of imidazole rings is 1. The van der Waals surface area contributed by atoms with Crippen LogP contribution in [0.25, 0.3) is 16.9 Å². The van der Waals surface area contributed by atoms with Gasteiger partial charge in [-0.25, -0.2) is 9.38 Å². The number of rotatable bonds is 10. The van der Waals surface area contributed by atoms with Crippen molar-refractivity contribution in [1.29, 1.82) is 0 Å². The smallest absolute Gasteiger partial charge is 0.286 e. The molecule has 5 aromatic rings. The van der Waals surface area contributed by atoms with Crippen molar-refractivity contribution in [3.63, 3.8) is 0 Å². The lowest BCUT2D eigenvalue weighted by Crippen LogP contribution is -2.21. The number of fused-ring (bicyclic) bond motifs is 2. The zero-order valence-electron chi connectivity index (χ0n) is 18.9. The molecule has 0 aliphatic carbocycles. The Morgan fingerprint density at radius 3 is 2.74 bits per heavy atom. The summed E-state index contributed by atoms with van der Waals surface area (Å²) in [6.45, 7) is 2.88. The third-order valence-corrected chi connectivity index (χ3v) is 6.15. The predicted molar refractivity (Wildman–Crippen MR) is 130 cm³/mol. The fraction of sp³-hybridized carbons (Fsp3) is 0.391.